The third kappa shape index (κ3) is 3.17. The molecule has 2 aromatic rings. The molecule has 0 aliphatic rings. The standard InChI is InChI=1S/C15H14N2O4/c1-9-4-3-5-11(15(19)20)13(9)21-10-6-7-17-12(8-10)14(18)16-2/h3-8H,1-2H3,(H,16,18)(H,19,20). The summed E-state index contributed by atoms with van der Waals surface area (Å²) >= 11 is 0. The maximum atomic E-state index is 11.5. The number of aromatic carboxylic acids is 1. The number of nitrogens with one attached hydrogen (secondary N) is 1. The summed E-state index contributed by atoms with van der Waals surface area (Å²) in [6, 6.07) is 7.88. The highest BCUT2D eigenvalue weighted by Crippen LogP contribution is 2.29. The Kier molecular flexibility index (Phi) is 4.18. The number of carboxylic acid groups (broad SMARTS) is 1. The molecule has 1 aromatic carbocycles. The van der Waals surface area contributed by atoms with Crippen LogP contribution in [-0.4, -0.2) is 29.0 Å². The lowest BCUT2D eigenvalue weighted by molar-refractivity contribution is 0.0693. The molecule has 0 saturated heterocycles. The molecule has 108 valence electrons. The predicted molar refractivity (Wildman–Crippen MR) is 75.8 cm³/mol. The van der Waals surface area contributed by atoms with E-state index in [9.17, 15) is 14.7 Å². The van der Waals surface area contributed by atoms with Crippen molar-refractivity contribution in [3.63, 3.8) is 0 Å². The summed E-state index contributed by atoms with van der Waals surface area (Å²) in [5.41, 5.74) is 0.946. The van der Waals surface area contributed by atoms with Gasteiger partial charge in [-0.25, -0.2) is 4.79 Å². The van der Waals surface area contributed by atoms with E-state index < -0.39 is 5.97 Å². The molecule has 0 bridgehead atoms. The van der Waals surface area contributed by atoms with E-state index in [4.69, 9.17) is 4.74 Å². The van der Waals surface area contributed by atoms with Crippen LogP contribution in [0.5, 0.6) is 11.5 Å². The van der Waals surface area contributed by atoms with E-state index in [1.165, 1.54) is 25.4 Å². The Morgan fingerprint density at radius 2 is 2.05 bits per heavy atom. The minimum atomic E-state index is -1.07. The number of para-hydroxylation sites is 1. The number of nitrogens with zero attached hydrogens (tertiary/aromatic N) is 1. The molecule has 0 spiro atoms. The van der Waals surface area contributed by atoms with Crippen LogP contribution in [0.1, 0.15) is 26.4 Å². The van der Waals surface area contributed by atoms with Crippen molar-refractivity contribution in [1.29, 1.82) is 0 Å². The van der Waals surface area contributed by atoms with Gasteiger partial charge in [0.15, 0.2) is 0 Å². The summed E-state index contributed by atoms with van der Waals surface area (Å²) in [6.07, 6.45) is 1.43. The fraction of sp³-hybridized carbons (Fsp3) is 0.133. The lowest BCUT2D eigenvalue weighted by Crippen LogP contribution is -2.19. The van der Waals surface area contributed by atoms with Crippen molar-refractivity contribution in [3.8, 4) is 11.5 Å². The highest BCUT2D eigenvalue weighted by molar-refractivity contribution is 5.93. The van der Waals surface area contributed by atoms with Crippen LogP contribution >= 0.6 is 0 Å². The molecule has 1 amide bonds. The van der Waals surface area contributed by atoms with Gasteiger partial charge in [0.2, 0.25) is 0 Å². The first-order valence-corrected chi connectivity index (χ1v) is 6.22. The molecular formula is C15H14N2O4. The lowest BCUT2D eigenvalue weighted by atomic mass is 10.1. The Hall–Kier alpha value is -2.89. The number of hydrogen-bond donors (Lipinski definition) is 2. The number of aromatic nitrogens is 1. The Labute approximate surface area is 121 Å². The minimum absolute atomic E-state index is 0.0632. The first kappa shape index (κ1) is 14.5. The third-order valence-electron chi connectivity index (χ3n) is 2.85. The van der Waals surface area contributed by atoms with Gasteiger partial charge in [0.1, 0.15) is 22.8 Å². The Balaban J connectivity index is 2.39. The first-order chi connectivity index (χ1) is 10.0. The summed E-state index contributed by atoms with van der Waals surface area (Å²) in [5.74, 6) is -0.822. The molecular weight excluding hydrogens is 272 g/mol. The molecule has 1 heterocycles. The van der Waals surface area contributed by atoms with E-state index in [-0.39, 0.29) is 22.9 Å². The monoisotopic (exact) mass is 286 g/mol. The molecule has 2 rings (SSSR count). The van der Waals surface area contributed by atoms with E-state index >= 15 is 0 Å². The number of amides is 1. The molecule has 0 unspecified atom stereocenters. The van der Waals surface area contributed by atoms with Gasteiger partial charge in [0.25, 0.3) is 5.91 Å². The van der Waals surface area contributed by atoms with E-state index in [2.05, 4.69) is 10.3 Å². The van der Waals surface area contributed by atoms with Crippen LogP contribution in [-0.2, 0) is 0 Å². The number of hydrogen-bond acceptors (Lipinski definition) is 4. The largest absolute Gasteiger partial charge is 0.478 e. The second kappa shape index (κ2) is 6.04. The van der Waals surface area contributed by atoms with Crippen LogP contribution in [0.25, 0.3) is 0 Å². The molecule has 6 nitrogen and oxygen atoms in total. The van der Waals surface area contributed by atoms with Crippen LogP contribution in [0.2, 0.25) is 0 Å². The number of ether oxygens (including phenoxy) is 1. The third-order valence-corrected chi connectivity index (χ3v) is 2.85. The zero-order chi connectivity index (χ0) is 15.4. The molecule has 0 aliphatic heterocycles. The summed E-state index contributed by atoms with van der Waals surface area (Å²) in [4.78, 5) is 26.7. The highest BCUT2D eigenvalue weighted by Gasteiger charge is 2.15. The lowest BCUT2D eigenvalue weighted by Gasteiger charge is -2.12. The number of pyridine rings is 1. The zero-order valence-electron chi connectivity index (χ0n) is 11.6. The average molecular weight is 286 g/mol. The van der Waals surface area contributed by atoms with Gasteiger partial charge in [0.05, 0.1) is 0 Å². The van der Waals surface area contributed by atoms with Crippen molar-refractivity contribution in [3.05, 3.63) is 53.3 Å². The first-order valence-electron chi connectivity index (χ1n) is 6.22. The number of rotatable bonds is 4. The highest BCUT2D eigenvalue weighted by atomic mass is 16.5. The van der Waals surface area contributed by atoms with E-state index in [0.29, 0.717) is 11.3 Å². The van der Waals surface area contributed by atoms with Crippen LogP contribution in [0.3, 0.4) is 0 Å². The molecule has 2 N–H and O–H groups in total. The molecule has 0 saturated carbocycles. The van der Waals surface area contributed by atoms with Crippen molar-refractivity contribution in [2.45, 2.75) is 6.92 Å². The van der Waals surface area contributed by atoms with E-state index in [1.54, 1.807) is 25.1 Å². The zero-order valence-corrected chi connectivity index (χ0v) is 11.6. The quantitative estimate of drug-likeness (QED) is 0.899. The fourth-order valence-corrected chi connectivity index (χ4v) is 1.80. The van der Waals surface area contributed by atoms with Crippen LogP contribution in [0.15, 0.2) is 36.5 Å². The molecule has 0 radical (unpaired) electrons. The Morgan fingerprint density at radius 3 is 2.71 bits per heavy atom. The van der Waals surface area contributed by atoms with Crippen molar-refractivity contribution in [2.75, 3.05) is 7.05 Å². The normalized spacial score (nSPS) is 10.0. The number of carboxylic acids is 1. The van der Waals surface area contributed by atoms with Crippen LogP contribution in [0, 0.1) is 6.92 Å². The van der Waals surface area contributed by atoms with Crippen molar-refractivity contribution in [2.24, 2.45) is 0 Å². The summed E-state index contributed by atoms with van der Waals surface area (Å²) in [5, 5.41) is 11.7. The summed E-state index contributed by atoms with van der Waals surface area (Å²) < 4.78 is 5.64. The van der Waals surface area contributed by atoms with Gasteiger partial charge in [-0.3, -0.25) is 9.78 Å². The van der Waals surface area contributed by atoms with Crippen molar-refractivity contribution in [1.82, 2.24) is 10.3 Å². The molecule has 0 aliphatic carbocycles. The van der Waals surface area contributed by atoms with E-state index in [0.717, 1.165) is 0 Å². The van der Waals surface area contributed by atoms with Gasteiger partial charge >= 0.3 is 5.97 Å². The number of carbonyl (C=O) groups is 2. The maximum Gasteiger partial charge on any atom is 0.339 e. The molecule has 21 heavy (non-hydrogen) atoms. The summed E-state index contributed by atoms with van der Waals surface area (Å²) in [7, 11) is 1.50. The second-order valence-corrected chi connectivity index (χ2v) is 4.31. The van der Waals surface area contributed by atoms with Crippen LogP contribution in [0.4, 0.5) is 0 Å². The fourth-order valence-electron chi connectivity index (χ4n) is 1.80. The van der Waals surface area contributed by atoms with Gasteiger partial charge in [-0.2, -0.15) is 0 Å². The maximum absolute atomic E-state index is 11.5. The Morgan fingerprint density at radius 1 is 1.29 bits per heavy atom. The Bertz CT molecular complexity index is 698. The average Bonchev–Trinajstić information content (AvgIpc) is 2.48. The number of benzene rings is 1. The number of aryl methyl sites for hydroxylation is 1. The predicted octanol–water partition coefficient (Wildman–Crippen LogP) is 2.24. The SMILES string of the molecule is CNC(=O)c1cc(Oc2c(C)cccc2C(=O)O)ccn1. The molecule has 1 aromatic heterocycles. The van der Waals surface area contributed by atoms with Gasteiger partial charge in [-0.15, -0.1) is 0 Å². The van der Waals surface area contributed by atoms with Gasteiger partial charge in [0, 0.05) is 19.3 Å². The molecule has 0 fully saturated rings. The minimum Gasteiger partial charge on any atom is -0.478 e. The van der Waals surface area contributed by atoms with Crippen molar-refractivity contribution >= 4 is 11.9 Å². The topological polar surface area (TPSA) is 88.5 Å². The van der Waals surface area contributed by atoms with E-state index in [1.807, 2.05) is 0 Å². The number of carbonyl (C=O) groups excluding carboxylic acids is 1. The smallest absolute Gasteiger partial charge is 0.339 e. The van der Waals surface area contributed by atoms with Gasteiger partial charge in [-0.1, -0.05) is 12.1 Å². The van der Waals surface area contributed by atoms with Gasteiger partial charge < -0.3 is 15.2 Å². The summed E-state index contributed by atoms with van der Waals surface area (Å²) in [6.45, 7) is 1.75. The van der Waals surface area contributed by atoms with Crippen LogP contribution < -0.4 is 10.1 Å². The van der Waals surface area contributed by atoms with Crippen molar-refractivity contribution < 1.29 is 19.4 Å². The van der Waals surface area contributed by atoms with Gasteiger partial charge in [-0.05, 0) is 24.6 Å². The molecule has 0 atom stereocenters. The molecule has 6 heteroatoms. The second-order valence-electron chi connectivity index (χ2n) is 4.31.